The van der Waals surface area contributed by atoms with Crippen molar-refractivity contribution in [2.75, 3.05) is 6.61 Å². The van der Waals surface area contributed by atoms with Crippen LogP contribution >= 0.6 is 0 Å². The number of ether oxygens (including phenoxy) is 1. The number of alkyl halides is 1. The largest absolute Gasteiger partial charge is 0.394 e. The topological polar surface area (TPSA) is 29.5 Å². The van der Waals surface area contributed by atoms with Crippen LogP contribution in [0.2, 0.25) is 0 Å². The van der Waals surface area contributed by atoms with Crippen LogP contribution in [0.5, 0.6) is 0 Å². The smallest absolute Gasteiger partial charge is 0.143 e. The van der Waals surface area contributed by atoms with E-state index in [1.54, 1.807) is 7.85 Å². The number of hydrogen-bond acceptors (Lipinski definition) is 2. The molecule has 10 heavy (non-hydrogen) atoms. The molecule has 1 fully saturated rings. The summed E-state index contributed by atoms with van der Waals surface area (Å²) in [6.45, 7) is 1.43. The lowest BCUT2D eigenvalue weighted by Gasteiger charge is -2.15. The molecule has 1 N–H and O–H groups in total. The predicted octanol–water partition coefficient (Wildman–Crippen LogP) is -0.545. The van der Waals surface area contributed by atoms with Gasteiger partial charge in [0.25, 0.3) is 0 Å². The summed E-state index contributed by atoms with van der Waals surface area (Å²) < 4.78 is 18.3. The van der Waals surface area contributed by atoms with Gasteiger partial charge in [-0.05, 0) is 6.92 Å². The van der Waals surface area contributed by atoms with Crippen LogP contribution in [0.1, 0.15) is 13.3 Å². The maximum atomic E-state index is 13.2. The molecule has 0 amide bonds. The van der Waals surface area contributed by atoms with Gasteiger partial charge in [0.1, 0.15) is 13.5 Å². The Morgan fingerprint density at radius 1 is 1.90 bits per heavy atom. The third-order valence-corrected chi connectivity index (χ3v) is 2.07. The number of aliphatic hydroxyl groups is 1. The van der Waals surface area contributed by atoms with E-state index in [4.69, 9.17) is 9.84 Å². The molecule has 0 radical (unpaired) electrons. The van der Waals surface area contributed by atoms with Crippen LogP contribution < -0.4 is 0 Å². The summed E-state index contributed by atoms with van der Waals surface area (Å²) in [6, 6.07) is -0.385. The Morgan fingerprint density at radius 3 is 2.70 bits per heavy atom. The first kappa shape index (κ1) is 8.02. The number of halogens is 1. The fourth-order valence-corrected chi connectivity index (χ4v) is 1.20. The Balaban J connectivity index is 2.53. The third kappa shape index (κ3) is 1.32. The molecular weight excluding hydrogens is 134 g/mol. The van der Waals surface area contributed by atoms with Crippen LogP contribution in [-0.2, 0) is 4.74 Å². The molecule has 0 unspecified atom stereocenters. The van der Waals surface area contributed by atoms with E-state index in [-0.39, 0.29) is 18.7 Å². The lowest BCUT2D eigenvalue weighted by Crippen LogP contribution is -2.29. The van der Waals surface area contributed by atoms with Crippen molar-refractivity contribution in [2.45, 2.75) is 31.1 Å². The Labute approximate surface area is 60.8 Å². The fourth-order valence-electron chi connectivity index (χ4n) is 1.20. The summed E-state index contributed by atoms with van der Waals surface area (Å²) in [6.07, 6.45) is 0.00926. The Morgan fingerprint density at radius 2 is 2.50 bits per heavy atom. The van der Waals surface area contributed by atoms with Gasteiger partial charge in [0, 0.05) is 6.42 Å². The van der Waals surface area contributed by atoms with E-state index in [1.165, 1.54) is 6.92 Å². The molecule has 0 aliphatic carbocycles. The van der Waals surface area contributed by atoms with Crippen molar-refractivity contribution in [1.29, 1.82) is 0 Å². The van der Waals surface area contributed by atoms with Gasteiger partial charge in [-0.25, -0.2) is 4.39 Å². The highest BCUT2D eigenvalue weighted by atomic mass is 19.1. The molecule has 1 aliphatic heterocycles. The van der Waals surface area contributed by atoms with Gasteiger partial charge in [0.15, 0.2) is 0 Å². The molecule has 2 nitrogen and oxygen atoms in total. The van der Waals surface area contributed by atoms with Gasteiger partial charge in [0.2, 0.25) is 0 Å². The predicted molar refractivity (Wildman–Crippen MR) is 38.4 cm³/mol. The van der Waals surface area contributed by atoms with E-state index in [9.17, 15) is 4.39 Å². The molecule has 0 aromatic carbocycles. The van der Waals surface area contributed by atoms with E-state index in [1.807, 2.05) is 0 Å². The molecule has 0 saturated carbocycles. The molecule has 1 heterocycles. The van der Waals surface area contributed by atoms with Crippen molar-refractivity contribution < 1.29 is 14.2 Å². The average molecular weight is 146 g/mol. The van der Waals surface area contributed by atoms with Crippen LogP contribution in [0.3, 0.4) is 0 Å². The molecule has 0 bridgehead atoms. The maximum Gasteiger partial charge on any atom is 0.143 e. The van der Waals surface area contributed by atoms with Crippen LogP contribution in [0.25, 0.3) is 0 Å². The molecule has 4 heteroatoms. The molecule has 1 rings (SSSR count). The minimum Gasteiger partial charge on any atom is -0.394 e. The standard InChI is InChI=1S/C6H12BFO2/c1-6(8)2-4(3-9)10-5(6)7/h4-5,9H,2-3,7H2,1H3/t4-,5+,6+/m0/s1. The highest BCUT2D eigenvalue weighted by Gasteiger charge is 2.42. The van der Waals surface area contributed by atoms with Gasteiger partial charge in [-0.2, -0.15) is 0 Å². The summed E-state index contributed by atoms with van der Waals surface area (Å²) in [7, 11) is 1.69. The molecule has 0 aromatic rings. The van der Waals surface area contributed by atoms with Crippen LogP contribution in [0.4, 0.5) is 4.39 Å². The maximum absolute atomic E-state index is 13.2. The second-order valence-electron chi connectivity index (χ2n) is 3.07. The van der Waals surface area contributed by atoms with Gasteiger partial charge < -0.3 is 9.84 Å². The lowest BCUT2D eigenvalue weighted by molar-refractivity contribution is 0.0279. The monoisotopic (exact) mass is 146 g/mol. The van der Waals surface area contributed by atoms with Crippen molar-refractivity contribution in [3.05, 3.63) is 0 Å². The number of aliphatic hydroxyl groups excluding tert-OH is 1. The van der Waals surface area contributed by atoms with E-state index in [0.717, 1.165) is 0 Å². The van der Waals surface area contributed by atoms with E-state index in [0.29, 0.717) is 6.42 Å². The summed E-state index contributed by atoms with van der Waals surface area (Å²) in [5.41, 5.74) is -1.26. The van der Waals surface area contributed by atoms with Crippen LogP contribution in [0.15, 0.2) is 0 Å². The van der Waals surface area contributed by atoms with Crippen LogP contribution in [-0.4, -0.2) is 37.3 Å². The molecule has 0 spiro atoms. The zero-order valence-electron chi connectivity index (χ0n) is 6.30. The van der Waals surface area contributed by atoms with Crippen molar-refractivity contribution in [3.8, 4) is 0 Å². The molecule has 58 valence electrons. The molecular formula is C6H12BFO2. The van der Waals surface area contributed by atoms with Crippen molar-refractivity contribution in [2.24, 2.45) is 0 Å². The van der Waals surface area contributed by atoms with Gasteiger partial charge >= 0.3 is 0 Å². The first-order chi connectivity index (χ1) is 4.56. The number of rotatable bonds is 1. The molecule has 1 aliphatic rings. The van der Waals surface area contributed by atoms with Crippen molar-refractivity contribution in [3.63, 3.8) is 0 Å². The van der Waals surface area contributed by atoms with Crippen LogP contribution in [0, 0.1) is 0 Å². The summed E-state index contributed by atoms with van der Waals surface area (Å²) in [4.78, 5) is 0. The van der Waals surface area contributed by atoms with Crippen molar-refractivity contribution >= 4 is 7.85 Å². The van der Waals surface area contributed by atoms with E-state index >= 15 is 0 Å². The first-order valence-electron chi connectivity index (χ1n) is 3.51. The molecule has 1 saturated heterocycles. The fraction of sp³-hybridized carbons (Fsp3) is 1.00. The van der Waals surface area contributed by atoms with Gasteiger partial charge in [-0.1, -0.05) is 0 Å². The zero-order chi connectivity index (χ0) is 7.78. The average Bonchev–Trinajstić information content (AvgIpc) is 2.08. The Kier molecular flexibility index (Phi) is 2.01. The zero-order valence-corrected chi connectivity index (χ0v) is 6.30. The van der Waals surface area contributed by atoms with Crippen molar-refractivity contribution in [1.82, 2.24) is 0 Å². The van der Waals surface area contributed by atoms with E-state index in [2.05, 4.69) is 0 Å². The second kappa shape index (κ2) is 2.51. The third-order valence-electron chi connectivity index (χ3n) is 2.07. The van der Waals surface area contributed by atoms with Gasteiger partial charge in [-0.3, -0.25) is 0 Å². The van der Waals surface area contributed by atoms with Gasteiger partial charge in [0.05, 0.1) is 18.7 Å². The Hall–Kier alpha value is -0.0851. The SMILES string of the molecule is B[C@@H]1O[C@H](CO)C[C@@]1(C)F. The Bertz CT molecular complexity index is 129. The summed E-state index contributed by atoms with van der Waals surface area (Å²) in [5.74, 6) is 0. The normalized spacial score (nSPS) is 47.9. The quantitative estimate of drug-likeness (QED) is 0.503. The molecule has 3 atom stereocenters. The lowest BCUT2D eigenvalue weighted by atomic mass is 9.85. The second-order valence-corrected chi connectivity index (χ2v) is 3.07. The summed E-state index contributed by atoms with van der Waals surface area (Å²) >= 11 is 0. The van der Waals surface area contributed by atoms with E-state index < -0.39 is 5.67 Å². The minimum absolute atomic E-state index is 0.0795. The van der Waals surface area contributed by atoms with Gasteiger partial charge in [-0.15, -0.1) is 0 Å². The minimum atomic E-state index is -1.26. The molecule has 0 aromatic heterocycles. The summed E-state index contributed by atoms with van der Waals surface area (Å²) in [5, 5.41) is 8.62. The highest BCUT2D eigenvalue weighted by Crippen LogP contribution is 2.31. The highest BCUT2D eigenvalue weighted by molar-refractivity contribution is 6.12. The first-order valence-corrected chi connectivity index (χ1v) is 3.51. The number of hydrogen-bond donors (Lipinski definition) is 1.